The Morgan fingerprint density at radius 3 is 2.43 bits per heavy atom. The van der Waals surface area contributed by atoms with Crippen LogP contribution in [0.1, 0.15) is 50.2 Å². The van der Waals surface area contributed by atoms with E-state index in [4.69, 9.17) is 0 Å². The molecule has 0 aliphatic heterocycles. The van der Waals surface area contributed by atoms with Gasteiger partial charge in [0, 0.05) is 6.04 Å². The summed E-state index contributed by atoms with van der Waals surface area (Å²) in [5.41, 5.74) is 3.22. The van der Waals surface area contributed by atoms with Gasteiger partial charge in [-0.05, 0) is 79.9 Å². The van der Waals surface area contributed by atoms with Gasteiger partial charge in [-0.15, -0.1) is 0 Å². The molecule has 0 radical (unpaired) electrons. The summed E-state index contributed by atoms with van der Waals surface area (Å²) in [6.07, 6.45) is 10.2. The maximum atomic E-state index is 3.85. The number of hydrogen-bond acceptors (Lipinski definition) is 1. The summed E-state index contributed by atoms with van der Waals surface area (Å²) in [7, 11) is 0. The van der Waals surface area contributed by atoms with Crippen molar-refractivity contribution in [3.8, 4) is 0 Å². The monoisotopic (exact) mass is 283 g/mol. The van der Waals surface area contributed by atoms with E-state index in [2.05, 4.69) is 36.5 Å². The van der Waals surface area contributed by atoms with Crippen LogP contribution in [0.2, 0.25) is 0 Å². The number of benzene rings is 1. The van der Waals surface area contributed by atoms with E-state index >= 15 is 0 Å². The highest BCUT2D eigenvalue weighted by Crippen LogP contribution is 2.50. The number of rotatable bonds is 5. The van der Waals surface area contributed by atoms with E-state index in [0.717, 1.165) is 36.3 Å². The molecule has 3 aliphatic carbocycles. The fraction of sp³-hybridized carbons (Fsp3) is 0.700. The van der Waals surface area contributed by atoms with E-state index in [1.807, 2.05) is 0 Å². The summed E-state index contributed by atoms with van der Waals surface area (Å²) in [5, 5.41) is 3.85. The molecule has 1 heteroatoms. The van der Waals surface area contributed by atoms with Crippen molar-refractivity contribution < 1.29 is 0 Å². The lowest BCUT2D eigenvalue weighted by Crippen LogP contribution is -2.39. The summed E-state index contributed by atoms with van der Waals surface area (Å²) in [5.74, 6) is 4.01. The van der Waals surface area contributed by atoms with E-state index in [1.54, 1.807) is 17.5 Å². The predicted octanol–water partition coefficient (Wildman–Crippen LogP) is 4.21. The molecule has 0 amide bonds. The Morgan fingerprint density at radius 1 is 1.10 bits per heavy atom. The van der Waals surface area contributed by atoms with E-state index in [-0.39, 0.29) is 0 Å². The second kappa shape index (κ2) is 5.76. The first-order chi connectivity index (χ1) is 10.3. The van der Waals surface area contributed by atoms with Crippen molar-refractivity contribution in [3.05, 3.63) is 35.4 Å². The molecule has 1 aromatic carbocycles. The van der Waals surface area contributed by atoms with Crippen LogP contribution in [0.4, 0.5) is 0 Å². The van der Waals surface area contributed by atoms with E-state index < -0.39 is 0 Å². The van der Waals surface area contributed by atoms with Gasteiger partial charge >= 0.3 is 0 Å². The number of hydrogen-bond donors (Lipinski definition) is 1. The lowest BCUT2D eigenvalue weighted by Gasteiger charge is -2.31. The first-order valence-electron chi connectivity index (χ1n) is 9.13. The third kappa shape index (κ3) is 2.65. The van der Waals surface area contributed by atoms with Crippen LogP contribution in [-0.4, -0.2) is 12.6 Å². The summed E-state index contributed by atoms with van der Waals surface area (Å²) in [4.78, 5) is 0. The van der Waals surface area contributed by atoms with Gasteiger partial charge in [-0.1, -0.05) is 37.6 Å². The minimum absolute atomic E-state index is 0.742. The third-order valence-corrected chi connectivity index (χ3v) is 6.56. The van der Waals surface area contributed by atoms with Crippen molar-refractivity contribution in [2.75, 3.05) is 6.54 Å². The summed E-state index contributed by atoms with van der Waals surface area (Å²) in [6, 6.07) is 9.84. The van der Waals surface area contributed by atoms with Gasteiger partial charge in [-0.3, -0.25) is 0 Å². The van der Waals surface area contributed by atoms with Crippen molar-refractivity contribution in [2.45, 2.75) is 57.9 Å². The van der Waals surface area contributed by atoms with Crippen LogP contribution in [0.15, 0.2) is 24.3 Å². The molecule has 21 heavy (non-hydrogen) atoms. The second-order valence-electron chi connectivity index (χ2n) is 7.77. The molecule has 0 heterocycles. The number of fused-ring (bicyclic) bond motifs is 3. The Labute approximate surface area is 129 Å². The van der Waals surface area contributed by atoms with Crippen LogP contribution in [0.25, 0.3) is 0 Å². The molecule has 1 nitrogen and oxygen atoms in total. The molecule has 3 aliphatic rings. The molecule has 2 saturated carbocycles. The molecule has 0 saturated heterocycles. The smallest absolute Gasteiger partial charge is 0.0104 e. The van der Waals surface area contributed by atoms with Crippen molar-refractivity contribution in [1.82, 2.24) is 5.32 Å². The largest absolute Gasteiger partial charge is 0.314 e. The standard InChI is InChI=1S/C20H29N/c1-2-21-20(13-18-10-14-7-8-17(18)9-14)19-11-15-5-3-4-6-16(15)12-19/h3-6,14,17-21H,2,7-13H2,1H3. The Morgan fingerprint density at radius 2 is 1.86 bits per heavy atom. The Kier molecular flexibility index (Phi) is 3.79. The van der Waals surface area contributed by atoms with Gasteiger partial charge < -0.3 is 5.32 Å². The van der Waals surface area contributed by atoms with E-state index in [9.17, 15) is 0 Å². The summed E-state index contributed by atoms with van der Waals surface area (Å²) < 4.78 is 0. The van der Waals surface area contributed by atoms with Gasteiger partial charge in [-0.25, -0.2) is 0 Å². The fourth-order valence-electron chi connectivity index (χ4n) is 5.57. The van der Waals surface area contributed by atoms with Crippen molar-refractivity contribution >= 4 is 0 Å². The highest BCUT2D eigenvalue weighted by Gasteiger charge is 2.41. The quantitative estimate of drug-likeness (QED) is 0.853. The first-order valence-corrected chi connectivity index (χ1v) is 9.13. The van der Waals surface area contributed by atoms with Gasteiger partial charge in [-0.2, -0.15) is 0 Å². The van der Waals surface area contributed by atoms with Crippen LogP contribution in [0.5, 0.6) is 0 Å². The molecular formula is C20H29N. The van der Waals surface area contributed by atoms with Gasteiger partial charge in [0.2, 0.25) is 0 Å². The molecule has 0 aromatic heterocycles. The molecule has 0 spiro atoms. The van der Waals surface area contributed by atoms with E-state index in [0.29, 0.717) is 0 Å². The normalized spacial score (nSPS) is 32.5. The molecular weight excluding hydrogens is 254 g/mol. The van der Waals surface area contributed by atoms with Gasteiger partial charge in [0.15, 0.2) is 0 Å². The average molecular weight is 283 g/mol. The molecule has 4 atom stereocenters. The van der Waals surface area contributed by atoms with Crippen molar-refractivity contribution in [2.24, 2.45) is 23.7 Å². The Balaban J connectivity index is 1.43. The topological polar surface area (TPSA) is 12.0 Å². The molecule has 2 bridgehead atoms. The van der Waals surface area contributed by atoms with Crippen LogP contribution in [-0.2, 0) is 12.8 Å². The van der Waals surface area contributed by atoms with Crippen molar-refractivity contribution in [3.63, 3.8) is 0 Å². The lowest BCUT2D eigenvalue weighted by atomic mass is 9.80. The zero-order chi connectivity index (χ0) is 14.2. The van der Waals surface area contributed by atoms with Crippen LogP contribution >= 0.6 is 0 Å². The maximum absolute atomic E-state index is 3.85. The Bertz CT molecular complexity index is 469. The molecule has 1 aromatic rings. The van der Waals surface area contributed by atoms with E-state index in [1.165, 1.54) is 38.5 Å². The highest BCUT2D eigenvalue weighted by molar-refractivity contribution is 5.32. The average Bonchev–Trinajstić information content (AvgIpc) is 3.21. The van der Waals surface area contributed by atoms with Crippen LogP contribution < -0.4 is 5.32 Å². The van der Waals surface area contributed by atoms with Gasteiger partial charge in [0.1, 0.15) is 0 Å². The fourth-order valence-corrected chi connectivity index (χ4v) is 5.57. The zero-order valence-corrected chi connectivity index (χ0v) is 13.4. The number of nitrogens with one attached hydrogen (secondary N) is 1. The molecule has 2 fully saturated rings. The zero-order valence-electron chi connectivity index (χ0n) is 13.4. The first kappa shape index (κ1) is 13.8. The minimum Gasteiger partial charge on any atom is -0.314 e. The van der Waals surface area contributed by atoms with Gasteiger partial charge in [0.25, 0.3) is 0 Å². The van der Waals surface area contributed by atoms with Crippen LogP contribution in [0, 0.1) is 23.7 Å². The minimum atomic E-state index is 0.742. The summed E-state index contributed by atoms with van der Waals surface area (Å²) >= 11 is 0. The maximum Gasteiger partial charge on any atom is 0.0104 e. The molecule has 1 N–H and O–H groups in total. The van der Waals surface area contributed by atoms with Crippen LogP contribution in [0.3, 0.4) is 0 Å². The Hall–Kier alpha value is -0.820. The molecule has 114 valence electrons. The summed E-state index contributed by atoms with van der Waals surface area (Å²) in [6.45, 7) is 3.40. The van der Waals surface area contributed by atoms with Crippen molar-refractivity contribution in [1.29, 1.82) is 0 Å². The SMILES string of the molecule is CCNC(CC1CC2CCC1C2)C1Cc2ccccc2C1. The lowest BCUT2D eigenvalue weighted by molar-refractivity contribution is 0.240. The molecule has 4 rings (SSSR count). The predicted molar refractivity (Wildman–Crippen MR) is 88.4 cm³/mol. The van der Waals surface area contributed by atoms with Gasteiger partial charge in [0.05, 0.1) is 0 Å². The second-order valence-corrected chi connectivity index (χ2v) is 7.77. The molecule has 4 unspecified atom stereocenters. The highest BCUT2D eigenvalue weighted by atomic mass is 14.9. The third-order valence-electron chi connectivity index (χ3n) is 6.56.